The van der Waals surface area contributed by atoms with E-state index in [9.17, 15) is 23.8 Å². The Morgan fingerprint density at radius 3 is 1.62 bits per heavy atom. The maximum Gasteiger partial charge on any atom is 0.472 e. The van der Waals surface area contributed by atoms with Crippen molar-refractivity contribution in [2.45, 2.75) is 193 Å². The van der Waals surface area contributed by atoms with Crippen LogP contribution in [0.2, 0.25) is 0 Å². The highest BCUT2D eigenvalue weighted by molar-refractivity contribution is 7.47. The Balaban J connectivity index is 4.48. The van der Waals surface area contributed by atoms with Crippen molar-refractivity contribution in [3.63, 3.8) is 0 Å². The van der Waals surface area contributed by atoms with E-state index in [0.717, 1.165) is 51.4 Å². The highest BCUT2D eigenvalue weighted by atomic mass is 31.2. The number of carbonyl (C=O) groups excluding carboxylic acids is 2. The Kier molecular flexibility index (Phi) is 37.5. The summed E-state index contributed by atoms with van der Waals surface area (Å²) in [5.41, 5.74) is 5.32. The van der Waals surface area contributed by atoms with Gasteiger partial charge in [0.05, 0.1) is 13.2 Å². The third-order valence-corrected chi connectivity index (χ3v) is 10.1. The number of phosphoric acid groups is 1. The number of carboxylic acid groups (broad SMARTS) is 1. The summed E-state index contributed by atoms with van der Waals surface area (Å²) in [6.45, 7) is 2.65. The summed E-state index contributed by atoms with van der Waals surface area (Å²) in [6, 6.07) is -1.53. The first-order chi connectivity index (χ1) is 27.1. The van der Waals surface area contributed by atoms with Gasteiger partial charge in [-0.25, -0.2) is 9.36 Å². The molecule has 0 aliphatic rings. The fourth-order valence-corrected chi connectivity index (χ4v) is 6.49. The van der Waals surface area contributed by atoms with Crippen molar-refractivity contribution in [2.75, 3.05) is 19.8 Å². The molecule has 4 N–H and O–H groups in total. The van der Waals surface area contributed by atoms with E-state index in [-0.39, 0.29) is 6.42 Å². The van der Waals surface area contributed by atoms with Gasteiger partial charge >= 0.3 is 25.7 Å². The highest BCUT2D eigenvalue weighted by Crippen LogP contribution is 2.43. The summed E-state index contributed by atoms with van der Waals surface area (Å²) >= 11 is 0. The summed E-state index contributed by atoms with van der Waals surface area (Å²) in [5.74, 6) is -2.65. The number of allylic oxidation sites excluding steroid dienone is 7. The number of aliphatic carboxylic acids is 1. The molecule has 0 radical (unpaired) electrons. The zero-order valence-corrected chi connectivity index (χ0v) is 35.9. The molecule has 3 atom stereocenters. The first kappa shape index (κ1) is 53.4. The molecular formula is C44H78NO10P. The number of carbonyl (C=O) groups is 3. The van der Waals surface area contributed by atoms with Crippen molar-refractivity contribution in [3.05, 3.63) is 48.6 Å². The van der Waals surface area contributed by atoms with Crippen LogP contribution >= 0.6 is 7.82 Å². The molecule has 56 heavy (non-hydrogen) atoms. The molecule has 0 fully saturated rings. The third kappa shape index (κ3) is 38.3. The van der Waals surface area contributed by atoms with E-state index >= 15 is 0 Å². The second-order valence-electron chi connectivity index (χ2n) is 14.5. The molecule has 12 heteroatoms. The van der Waals surface area contributed by atoms with E-state index in [0.29, 0.717) is 6.42 Å². The lowest BCUT2D eigenvalue weighted by atomic mass is 10.1. The molecule has 11 nitrogen and oxygen atoms in total. The average Bonchev–Trinajstić information content (AvgIpc) is 3.17. The van der Waals surface area contributed by atoms with Gasteiger partial charge in [0.25, 0.3) is 0 Å². The Bertz CT molecular complexity index is 1140. The van der Waals surface area contributed by atoms with Crippen LogP contribution in [0, 0.1) is 0 Å². The van der Waals surface area contributed by atoms with Crippen LogP contribution in [0.4, 0.5) is 0 Å². The van der Waals surface area contributed by atoms with Crippen molar-refractivity contribution in [1.82, 2.24) is 0 Å². The lowest BCUT2D eigenvalue weighted by Crippen LogP contribution is -2.34. The molecule has 0 spiro atoms. The summed E-state index contributed by atoms with van der Waals surface area (Å²) in [7, 11) is -4.74. The standard InChI is InChI=1S/C44H78NO10P/c1-3-5-7-9-11-13-15-17-19-20-22-24-26-28-30-32-34-36-43(47)55-40(38-53-56(50,51)54-39-41(45)44(48)49)37-52-42(46)35-33-31-29-27-25-23-21-18-16-14-12-10-8-6-4-2/h11,13,17,19,29,31,33,35,40-41H,3-10,12,14-16,18,20-28,30,32,34,36-39,45H2,1-2H3,(H,48,49)(H,50,51)/b13-11+,19-17+,31-29+,35-33+/t40-,41+/m1/s1. The predicted molar refractivity (Wildman–Crippen MR) is 226 cm³/mol. The monoisotopic (exact) mass is 812 g/mol. The smallest absolute Gasteiger partial charge is 0.472 e. The van der Waals surface area contributed by atoms with Crippen LogP contribution in [0.5, 0.6) is 0 Å². The molecule has 0 heterocycles. The van der Waals surface area contributed by atoms with Crippen LogP contribution in [-0.2, 0) is 37.5 Å². The summed E-state index contributed by atoms with van der Waals surface area (Å²) in [6.07, 6.45) is 43.8. The molecule has 324 valence electrons. The SMILES string of the molecule is CCCCC/C=C/C/C=C/CCCCCCCCCC(=O)O[C@H](COC(=O)/C=C/C=C/CCCCCCCCCCCCC)COP(=O)(O)OC[C@H](N)C(=O)O. The van der Waals surface area contributed by atoms with E-state index in [1.807, 2.05) is 6.08 Å². The molecule has 0 bridgehead atoms. The van der Waals surface area contributed by atoms with Gasteiger partial charge in [-0.2, -0.15) is 0 Å². The molecule has 0 saturated heterocycles. The van der Waals surface area contributed by atoms with Crippen molar-refractivity contribution < 1.29 is 47.5 Å². The number of nitrogens with two attached hydrogens (primary N) is 1. The summed E-state index contributed by atoms with van der Waals surface area (Å²) in [4.78, 5) is 45.8. The van der Waals surface area contributed by atoms with E-state index in [1.165, 1.54) is 109 Å². The average molecular weight is 812 g/mol. The number of ether oxygens (including phenoxy) is 2. The van der Waals surface area contributed by atoms with Crippen LogP contribution < -0.4 is 5.73 Å². The largest absolute Gasteiger partial charge is 0.480 e. The van der Waals surface area contributed by atoms with Crippen molar-refractivity contribution >= 4 is 25.7 Å². The Morgan fingerprint density at radius 2 is 1.07 bits per heavy atom. The number of rotatable bonds is 40. The minimum absolute atomic E-state index is 0.132. The van der Waals surface area contributed by atoms with Gasteiger partial charge in [0.15, 0.2) is 6.10 Å². The zero-order chi connectivity index (χ0) is 41.4. The Morgan fingerprint density at radius 1 is 0.607 bits per heavy atom. The first-order valence-electron chi connectivity index (χ1n) is 21.7. The minimum Gasteiger partial charge on any atom is -0.480 e. The molecule has 0 aromatic rings. The normalized spacial score (nSPS) is 14.2. The van der Waals surface area contributed by atoms with Gasteiger partial charge in [-0.3, -0.25) is 18.6 Å². The van der Waals surface area contributed by atoms with Crippen molar-refractivity contribution in [3.8, 4) is 0 Å². The second kappa shape index (κ2) is 39.3. The predicted octanol–water partition coefficient (Wildman–Crippen LogP) is 11.4. The zero-order valence-electron chi connectivity index (χ0n) is 35.0. The lowest BCUT2D eigenvalue weighted by molar-refractivity contribution is -0.159. The summed E-state index contributed by atoms with van der Waals surface area (Å²) in [5, 5.41) is 8.88. The van der Waals surface area contributed by atoms with Crippen LogP contribution in [0.15, 0.2) is 48.6 Å². The minimum atomic E-state index is -4.74. The Labute approximate surface area is 339 Å². The molecule has 0 aliphatic carbocycles. The fourth-order valence-electron chi connectivity index (χ4n) is 5.71. The van der Waals surface area contributed by atoms with Gasteiger partial charge < -0.3 is 25.2 Å². The highest BCUT2D eigenvalue weighted by Gasteiger charge is 2.28. The fraction of sp³-hybridized carbons (Fsp3) is 0.750. The molecule has 0 aromatic heterocycles. The van der Waals surface area contributed by atoms with E-state index in [2.05, 4.69) is 42.7 Å². The van der Waals surface area contributed by atoms with E-state index in [4.69, 9.17) is 24.8 Å². The van der Waals surface area contributed by atoms with Gasteiger partial charge in [0, 0.05) is 12.5 Å². The number of hydrogen-bond donors (Lipinski definition) is 3. The van der Waals surface area contributed by atoms with Gasteiger partial charge in [-0.05, 0) is 51.4 Å². The summed E-state index contributed by atoms with van der Waals surface area (Å²) < 4.78 is 32.5. The van der Waals surface area contributed by atoms with Crippen molar-refractivity contribution in [2.24, 2.45) is 5.73 Å². The van der Waals surface area contributed by atoms with Crippen LogP contribution in [0.3, 0.4) is 0 Å². The molecule has 0 amide bonds. The van der Waals surface area contributed by atoms with Crippen LogP contribution in [-0.4, -0.2) is 59.9 Å². The van der Waals surface area contributed by atoms with Gasteiger partial charge in [0.1, 0.15) is 12.6 Å². The molecule has 1 unspecified atom stereocenters. The maximum absolute atomic E-state index is 12.6. The lowest BCUT2D eigenvalue weighted by Gasteiger charge is -2.20. The van der Waals surface area contributed by atoms with E-state index < -0.39 is 57.7 Å². The van der Waals surface area contributed by atoms with Gasteiger partial charge in [0.2, 0.25) is 0 Å². The topological polar surface area (TPSA) is 172 Å². The second-order valence-corrected chi connectivity index (χ2v) is 16.0. The van der Waals surface area contributed by atoms with Crippen LogP contribution in [0.1, 0.15) is 181 Å². The van der Waals surface area contributed by atoms with E-state index in [1.54, 1.807) is 12.2 Å². The molecular weight excluding hydrogens is 733 g/mol. The molecule has 0 saturated carbocycles. The number of unbranched alkanes of at least 4 members (excludes halogenated alkanes) is 21. The first-order valence-corrected chi connectivity index (χ1v) is 23.2. The molecule has 0 aliphatic heterocycles. The number of carboxylic acids is 1. The number of hydrogen-bond acceptors (Lipinski definition) is 9. The quantitative estimate of drug-likeness (QED) is 0.0134. The van der Waals surface area contributed by atoms with Gasteiger partial charge in [-0.1, -0.05) is 166 Å². The Hall–Kier alpha value is -2.56. The number of phosphoric ester groups is 1. The van der Waals surface area contributed by atoms with Gasteiger partial charge in [-0.15, -0.1) is 0 Å². The van der Waals surface area contributed by atoms with Crippen molar-refractivity contribution in [1.29, 1.82) is 0 Å². The third-order valence-electron chi connectivity index (χ3n) is 9.15. The maximum atomic E-state index is 12.6. The van der Waals surface area contributed by atoms with Crippen LogP contribution in [0.25, 0.3) is 0 Å². The molecule has 0 rings (SSSR count). The molecule has 0 aromatic carbocycles. The number of esters is 2.